The van der Waals surface area contributed by atoms with Gasteiger partial charge in [-0.25, -0.2) is 4.21 Å². The molecule has 5 aromatic rings. The van der Waals surface area contributed by atoms with Crippen molar-refractivity contribution in [2.75, 3.05) is 9.44 Å². The smallest absolute Gasteiger partial charge is 0.295 e. The summed E-state index contributed by atoms with van der Waals surface area (Å²) in [4.78, 5) is 0.438. The van der Waals surface area contributed by atoms with Crippen molar-refractivity contribution in [2.45, 2.75) is 9.99 Å². The predicted molar refractivity (Wildman–Crippen MR) is 146 cm³/mol. The average Bonchev–Trinajstić information content (AvgIpc) is 3.33. The molecule has 37 heavy (non-hydrogen) atoms. The van der Waals surface area contributed by atoms with Crippen molar-refractivity contribution in [3.8, 4) is 11.5 Å². The van der Waals surface area contributed by atoms with E-state index in [2.05, 4.69) is 9.44 Å². The van der Waals surface area contributed by atoms with Gasteiger partial charge in [0.15, 0.2) is 0 Å². The molecular formula is C26H18Cl2N2O5S2. The first-order chi connectivity index (χ1) is 17.8. The summed E-state index contributed by atoms with van der Waals surface area (Å²) in [5, 5.41) is 1.15. The molecule has 1 aromatic heterocycles. The van der Waals surface area contributed by atoms with Crippen molar-refractivity contribution in [3.63, 3.8) is 0 Å². The standard InChI is InChI=1S/C26H18Cl2N2O5S2/c27-18-9-14-22(23(16-18)30-37(32,33)26-15-17-5-1-3-7-24(17)35-26)29-36(31)20-12-10-19(11-13-20)34-25-8-4-2-6-21(25)28/h1-16,29-30H. The van der Waals surface area contributed by atoms with E-state index in [-0.39, 0.29) is 16.5 Å². The van der Waals surface area contributed by atoms with Gasteiger partial charge in [0.1, 0.15) is 28.1 Å². The second kappa shape index (κ2) is 10.5. The summed E-state index contributed by atoms with van der Waals surface area (Å²) in [5.41, 5.74) is 0.814. The van der Waals surface area contributed by atoms with Crippen molar-refractivity contribution >= 4 is 66.6 Å². The lowest BCUT2D eigenvalue weighted by Gasteiger charge is -2.14. The van der Waals surface area contributed by atoms with Gasteiger partial charge in [0.25, 0.3) is 10.0 Å². The van der Waals surface area contributed by atoms with E-state index in [0.717, 1.165) is 0 Å². The Morgan fingerprint density at radius 3 is 2.30 bits per heavy atom. The summed E-state index contributed by atoms with van der Waals surface area (Å²) in [6, 6.07) is 26.5. The quantitative estimate of drug-likeness (QED) is 0.201. The van der Waals surface area contributed by atoms with Crippen LogP contribution in [-0.2, 0) is 21.0 Å². The zero-order chi connectivity index (χ0) is 26.0. The Bertz CT molecular complexity index is 1690. The van der Waals surface area contributed by atoms with Gasteiger partial charge < -0.3 is 9.15 Å². The zero-order valence-electron chi connectivity index (χ0n) is 18.9. The number of hydrogen-bond donors (Lipinski definition) is 2. The van der Waals surface area contributed by atoms with Gasteiger partial charge in [0.05, 0.1) is 21.3 Å². The van der Waals surface area contributed by atoms with Crippen LogP contribution in [0, 0.1) is 0 Å². The minimum atomic E-state index is -4.10. The molecule has 0 saturated heterocycles. The maximum absolute atomic E-state index is 13.0. The maximum Gasteiger partial charge on any atom is 0.295 e. The fourth-order valence-corrected chi connectivity index (χ4v) is 5.69. The number of ether oxygens (including phenoxy) is 1. The Balaban J connectivity index is 1.34. The van der Waals surface area contributed by atoms with Crippen LogP contribution in [0.4, 0.5) is 11.4 Å². The van der Waals surface area contributed by atoms with E-state index >= 15 is 0 Å². The van der Waals surface area contributed by atoms with Gasteiger partial charge >= 0.3 is 0 Å². The fourth-order valence-electron chi connectivity index (χ4n) is 3.42. The molecule has 2 N–H and O–H groups in total. The third-order valence-electron chi connectivity index (χ3n) is 5.20. The molecule has 0 amide bonds. The third-order valence-corrected chi connectivity index (χ3v) is 8.07. The number of rotatable bonds is 8. The van der Waals surface area contributed by atoms with Crippen LogP contribution in [0.25, 0.3) is 11.0 Å². The molecule has 1 unspecified atom stereocenters. The van der Waals surface area contributed by atoms with E-state index in [9.17, 15) is 12.6 Å². The Labute approximate surface area is 225 Å². The van der Waals surface area contributed by atoms with Gasteiger partial charge in [-0.15, -0.1) is 0 Å². The van der Waals surface area contributed by atoms with E-state index in [4.69, 9.17) is 32.4 Å². The highest BCUT2D eigenvalue weighted by molar-refractivity contribution is 7.92. The largest absolute Gasteiger partial charge is 0.456 e. The molecule has 0 bridgehead atoms. The third kappa shape index (κ3) is 5.75. The second-order valence-electron chi connectivity index (χ2n) is 7.77. The molecule has 1 atom stereocenters. The average molecular weight is 573 g/mol. The van der Waals surface area contributed by atoms with E-state index in [0.29, 0.717) is 37.4 Å². The molecule has 0 aliphatic carbocycles. The van der Waals surface area contributed by atoms with Gasteiger partial charge in [0.2, 0.25) is 5.09 Å². The van der Waals surface area contributed by atoms with E-state index < -0.39 is 21.0 Å². The first-order valence-electron chi connectivity index (χ1n) is 10.8. The minimum absolute atomic E-state index is 0.111. The van der Waals surface area contributed by atoms with Crippen LogP contribution in [0.2, 0.25) is 10.0 Å². The summed E-state index contributed by atoms with van der Waals surface area (Å²) in [6.45, 7) is 0. The van der Waals surface area contributed by atoms with Gasteiger partial charge in [-0.1, -0.05) is 53.5 Å². The fraction of sp³-hybridized carbons (Fsp3) is 0. The number of nitrogens with one attached hydrogen (secondary N) is 2. The lowest BCUT2D eigenvalue weighted by atomic mass is 10.3. The first kappa shape index (κ1) is 25.2. The number of anilines is 2. The normalized spacial score (nSPS) is 12.3. The highest BCUT2D eigenvalue weighted by atomic mass is 35.5. The number of fused-ring (bicyclic) bond motifs is 1. The highest BCUT2D eigenvalue weighted by Crippen LogP contribution is 2.32. The van der Waals surface area contributed by atoms with Crippen LogP contribution in [-0.4, -0.2) is 12.6 Å². The van der Waals surface area contributed by atoms with Gasteiger partial charge in [0, 0.05) is 16.5 Å². The number of furan rings is 1. The number of sulfonamides is 1. The van der Waals surface area contributed by atoms with Crippen LogP contribution in [0.15, 0.2) is 111 Å². The summed E-state index contributed by atoms with van der Waals surface area (Å²) in [7, 11) is -5.82. The maximum atomic E-state index is 13.0. The molecule has 7 nitrogen and oxygen atoms in total. The molecule has 0 aliphatic heterocycles. The molecular weight excluding hydrogens is 555 g/mol. The highest BCUT2D eigenvalue weighted by Gasteiger charge is 2.22. The Kier molecular flexibility index (Phi) is 7.12. The van der Waals surface area contributed by atoms with Crippen molar-refractivity contribution in [1.29, 1.82) is 0 Å². The van der Waals surface area contributed by atoms with Crippen molar-refractivity contribution < 1.29 is 21.8 Å². The van der Waals surface area contributed by atoms with Crippen LogP contribution >= 0.6 is 23.2 Å². The Hall–Kier alpha value is -3.50. The molecule has 4 aromatic carbocycles. The lowest BCUT2D eigenvalue weighted by molar-refractivity contribution is 0.482. The monoisotopic (exact) mass is 572 g/mol. The molecule has 0 fully saturated rings. The van der Waals surface area contributed by atoms with Gasteiger partial charge in [-0.3, -0.25) is 9.44 Å². The first-order valence-corrected chi connectivity index (χ1v) is 14.2. The Morgan fingerprint density at radius 1 is 0.811 bits per heavy atom. The molecule has 0 saturated carbocycles. The Morgan fingerprint density at radius 2 is 1.54 bits per heavy atom. The summed E-state index contributed by atoms with van der Waals surface area (Å²) < 4.78 is 55.7. The van der Waals surface area contributed by atoms with Crippen LogP contribution in [0.5, 0.6) is 11.5 Å². The summed E-state index contributed by atoms with van der Waals surface area (Å²) in [6.07, 6.45) is 0. The molecule has 0 aliphatic rings. The second-order valence-corrected chi connectivity index (χ2v) is 11.4. The minimum Gasteiger partial charge on any atom is -0.456 e. The van der Waals surface area contributed by atoms with E-state index in [1.165, 1.54) is 18.2 Å². The van der Waals surface area contributed by atoms with Crippen molar-refractivity contribution in [1.82, 2.24) is 0 Å². The van der Waals surface area contributed by atoms with Crippen LogP contribution in [0.3, 0.4) is 0 Å². The molecule has 0 radical (unpaired) electrons. The topological polar surface area (TPSA) is 97.6 Å². The van der Waals surface area contributed by atoms with E-state index in [1.807, 2.05) is 0 Å². The molecule has 0 spiro atoms. The summed E-state index contributed by atoms with van der Waals surface area (Å²) >= 11 is 12.2. The number of benzene rings is 4. The van der Waals surface area contributed by atoms with Gasteiger partial charge in [-0.05, 0) is 60.7 Å². The van der Waals surface area contributed by atoms with Crippen LogP contribution in [0.1, 0.15) is 0 Å². The number of halogens is 2. The van der Waals surface area contributed by atoms with E-state index in [1.54, 1.807) is 78.9 Å². The lowest BCUT2D eigenvalue weighted by Crippen LogP contribution is -2.14. The summed E-state index contributed by atoms with van der Waals surface area (Å²) in [5.74, 6) is 1.01. The number of para-hydroxylation sites is 2. The molecule has 1 heterocycles. The molecule has 5 rings (SSSR count). The predicted octanol–water partition coefficient (Wildman–Crippen LogP) is 7.47. The molecule has 188 valence electrons. The number of hydrogen-bond acceptors (Lipinski definition) is 5. The SMILES string of the molecule is O=S(Nc1ccc(Cl)cc1NS(=O)(=O)c1cc2ccccc2o1)c1ccc(Oc2ccccc2Cl)cc1. The van der Waals surface area contributed by atoms with Crippen molar-refractivity contribution in [2.24, 2.45) is 0 Å². The van der Waals surface area contributed by atoms with Crippen LogP contribution < -0.4 is 14.2 Å². The molecule has 11 heteroatoms. The zero-order valence-corrected chi connectivity index (χ0v) is 22.0. The van der Waals surface area contributed by atoms with Crippen molar-refractivity contribution in [3.05, 3.63) is 107 Å². The van der Waals surface area contributed by atoms with Gasteiger partial charge in [-0.2, -0.15) is 8.42 Å².